The van der Waals surface area contributed by atoms with Gasteiger partial charge in [-0.1, -0.05) is 12.1 Å². The number of carboxylic acid groups (broad SMARTS) is 1. The molecule has 0 aromatic heterocycles. The van der Waals surface area contributed by atoms with Gasteiger partial charge in [-0.05, 0) is 33.0 Å². The number of nitrogens with zero attached hydrogens (tertiary/aromatic N) is 1. The van der Waals surface area contributed by atoms with Crippen LogP contribution in [0.1, 0.15) is 31.4 Å². The van der Waals surface area contributed by atoms with Crippen LogP contribution in [-0.2, 0) is 4.79 Å². The first kappa shape index (κ1) is 14.6. The first-order valence-corrected chi connectivity index (χ1v) is 5.79. The van der Waals surface area contributed by atoms with E-state index in [1.54, 1.807) is 18.9 Å². The van der Waals surface area contributed by atoms with E-state index in [9.17, 15) is 13.6 Å². The van der Waals surface area contributed by atoms with Gasteiger partial charge in [0.1, 0.15) is 0 Å². The van der Waals surface area contributed by atoms with E-state index in [0.717, 1.165) is 6.07 Å². The molecule has 0 aliphatic carbocycles. The molecule has 1 rings (SSSR count). The number of hydrogen-bond acceptors (Lipinski definition) is 2. The molecule has 0 heterocycles. The van der Waals surface area contributed by atoms with Crippen molar-refractivity contribution in [2.24, 2.45) is 0 Å². The van der Waals surface area contributed by atoms with E-state index in [1.807, 2.05) is 0 Å². The van der Waals surface area contributed by atoms with Crippen LogP contribution in [0.2, 0.25) is 0 Å². The summed E-state index contributed by atoms with van der Waals surface area (Å²) in [4.78, 5) is 12.2. The summed E-state index contributed by atoms with van der Waals surface area (Å²) in [7, 11) is 1.76. The Labute approximate surface area is 105 Å². The van der Waals surface area contributed by atoms with Crippen LogP contribution in [0.5, 0.6) is 0 Å². The van der Waals surface area contributed by atoms with Gasteiger partial charge in [-0.15, -0.1) is 0 Å². The third kappa shape index (κ3) is 3.77. The number of hydrogen-bond donors (Lipinski definition) is 1. The van der Waals surface area contributed by atoms with Crippen molar-refractivity contribution in [3.05, 3.63) is 35.4 Å². The Morgan fingerprint density at radius 3 is 2.72 bits per heavy atom. The Bertz CT molecular complexity index is 423. The van der Waals surface area contributed by atoms with E-state index < -0.39 is 17.6 Å². The van der Waals surface area contributed by atoms with Gasteiger partial charge in [-0.25, -0.2) is 8.78 Å². The van der Waals surface area contributed by atoms with E-state index in [-0.39, 0.29) is 18.0 Å². The molecule has 5 heteroatoms. The molecule has 0 saturated carbocycles. The smallest absolute Gasteiger partial charge is 0.303 e. The summed E-state index contributed by atoms with van der Waals surface area (Å²) in [5.41, 5.74) is 0.285. The Balaban J connectivity index is 2.65. The molecular weight excluding hydrogens is 240 g/mol. The Morgan fingerprint density at radius 1 is 1.44 bits per heavy atom. The summed E-state index contributed by atoms with van der Waals surface area (Å²) in [6.07, 6.45) is 0.551. The van der Waals surface area contributed by atoms with Gasteiger partial charge < -0.3 is 5.11 Å². The number of carbonyl (C=O) groups is 1. The monoisotopic (exact) mass is 257 g/mol. The second-order valence-electron chi connectivity index (χ2n) is 4.30. The highest BCUT2D eigenvalue weighted by Crippen LogP contribution is 2.23. The fraction of sp³-hybridized carbons (Fsp3) is 0.462. The normalized spacial score (nSPS) is 12.7. The molecule has 3 nitrogen and oxygen atoms in total. The summed E-state index contributed by atoms with van der Waals surface area (Å²) in [5.74, 6) is -2.55. The average molecular weight is 257 g/mol. The summed E-state index contributed by atoms with van der Waals surface area (Å²) >= 11 is 0. The van der Waals surface area contributed by atoms with Crippen LogP contribution in [0.4, 0.5) is 8.78 Å². The zero-order valence-electron chi connectivity index (χ0n) is 10.5. The molecule has 0 amide bonds. The first-order chi connectivity index (χ1) is 8.43. The Hall–Kier alpha value is -1.49. The highest BCUT2D eigenvalue weighted by Gasteiger charge is 2.17. The van der Waals surface area contributed by atoms with E-state index in [0.29, 0.717) is 13.0 Å². The van der Waals surface area contributed by atoms with Crippen molar-refractivity contribution in [2.75, 3.05) is 13.6 Å². The molecule has 0 fully saturated rings. The van der Waals surface area contributed by atoms with Gasteiger partial charge in [-0.3, -0.25) is 9.69 Å². The molecule has 0 radical (unpaired) electrons. The lowest BCUT2D eigenvalue weighted by Crippen LogP contribution is -2.25. The van der Waals surface area contributed by atoms with Crippen LogP contribution < -0.4 is 0 Å². The van der Waals surface area contributed by atoms with Gasteiger partial charge in [0.05, 0.1) is 0 Å². The van der Waals surface area contributed by atoms with Crippen LogP contribution in [0.15, 0.2) is 18.2 Å². The maximum absolute atomic E-state index is 13.6. The van der Waals surface area contributed by atoms with E-state index in [2.05, 4.69) is 0 Å². The van der Waals surface area contributed by atoms with Gasteiger partial charge in [0.2, 0.25) is 0 Å². The summed E-state index contributed by atoms with van der Waals surface area (Å²) in [6, 6.07) is 3.79. The van der Waals surface area contributed by atoms with E-state index >= 15 is 0 Å². The third-order valence-corrected chi connectivity index (χ3v) is 2.99. The van der Waals surface area contributed by atoms with Crippen molar-refractivity contribution < 1.29 is 18.7 Å². The lowest BCUT2D eigenvalue weighted by molar-refractivity contribution is -0.137. The largest absolute Gasteiger partial charge is 0.481 e. The Kier molecular flexibility index (Phi) is 5.22. The highest BCUT2D eigenvalue weighted by molar-refractivity contribution is 5.66. The minimum Gasteiger partial charge on any atom is -0.481 e. The fourth-order valence-electron chi connectivity index (χ4n) is 1.75. The van der Waals surface area contributed by atoms with Crippen LogP contribution >= 0.6 is 0 Å². The first-order valence-electron chi connectivity index (χ1n) is 5.79. The SMILES string of the molecule is CC(c1cccc(F)c1F)N(C)CCCC(=O)O. The van der Waals surface area contributed by atoms with Gasteiger partial charge in [0.15, 0.2) is 11.6 Å². The molecule has 1 atom stereocenters. The molecular formula is C13H17F2NO2. The minimum atomic E-state index is -0.863. The Morgan fingerprint density at radius 2 is 2.11 bits per heavy atom. The predicted molar refractivity (Wildman–Crippen MR) is 64.3 cm³/mol. The maximum Gasteiger partial charge on any atom is 0.303 e. The number of benzene rings is 1. The second kappa shape index (κ2) is 6.44. The van der Waals surface area contributed by atoms with Crippen molar-refractivity contribution in [1.29, 1.82) is 0 Å². The summed E-state index contributed by atoms with van der Waals surface area (Å²) < 4.78 is 26.7. The number of aliphatic carboxylic acids is 1. The second-order valence-corrected chi connectivity index (χ2v) is 4.30. The van der Waals surface area contributed by atoms with Crippen molar-refractivity contribution >= 4 is 5.97 Å². The lowest BCUT2D eigenvalue weighted by Gasteiger charge is -2.25. The molecule has 100 valence electrons. The topological polar surface area (TPSA) is 40.5 Å². The highest BCUT2D eigenvalue weighted by atomic mass is 19.2. The number of rotatable bonds is 6. The van der Waals surface area contributed by atoms with Crippen molar-refractivity contribution in [1.82, 2.24) is 4.90 Å². The zero-order chi connectivity index (χ0) is 13.7. The number of carboxylic acids is 1. The summed E-state index contributed by atoms with van der Waals surface area (Å²) in [5, 5.41) is 8.53. The number of halogens is 2. The lowest BCUT2D eigenvalue weighted by atomic mass is 10.1. The quantitative estimate of drug-likeness (QED) is 0.852. The van der Waals surface area contributed by atoms with Crippen molar-refractivity contribution in [2.45, 2.75) is 25.8 Å². The predicted octanol–water partition coefficient (Wildman–Crippen LogP) is 2.82. The van der Waals surface area contributed by atoms with E-state index in [1.165, 1.54) is 12.1 Å². The van der Waals surface area contributed by atoms with Gasteiger partial charge in [0.25, 0.3) is 0 Å². The van der Waals surface area contributed by atoms with Gasteiger partial charge in [-0.2, -0.15) is 0 Å². The molecule has 1 unspecified atom stereocenters. The molecule has 1 aromatic rings. The van der Waals surface area contributed by atoms with Crippen molar-refractivity contribution in [3.63, 3.8) is 0 Å². The van der Waals surface area contributed by atoms with Crippen molar-refractivity contribution in [3.8, 4) is 0 Å². The fourth-order valence-corrected chi connectivity index (χ4v) is 1.75. The minimum absolute atomic E-state index is 0.0721. The van der Waals surface area contributed by atoms with Gasteiger partial charge in [0, 0.05) is 18.0 Å². The van der Waals surface area contributed by atoms with Crippen LogP contribution in [0.25, 0.3) is 0 Å². The summed E-state index contributed by atoms with van der Waals surface area (Å²) in [6.45, 7) is 2.28. The standard InChI is InChI=1S/C13H17F2NO2/c1-9(16(2)8-4-7-12(17)18)10-5-3-6-11(14)13(10)15/h3,5-6,9H,4,7-8H2,1-2H3,(H,17,18). The van der Waals surface area contributed by atoms with Crippen LogP contribution in [0.3, 0.4) is 0 Å². The molecule has 18 heavy (non-hydrogen) atoms. The molecule has 0 aliphatic rings. The van der Waals surface area contributed by atoms with Crippen LogP contribution in [-0.4, -0.2) is 29.6 Å². The van der Waals surface area contributed by atoms with E-state index in [4.69, 9.17) is 5.11 Å². The van der Waals surface area contributed by atoms with Gasteiger partial charge >= 0.3 is 5.97 Å². The third-order valence-electron chi connectivity index (χ3n) is 2.99. The van der Waals surface area contributed by atoms with Crippen LogP contribution in [0, 0.1) is 11.6 Å². The molecule has 0 bridgehead atoms. The average Bonchev–Trinajstić information content (AvgIpc) is 2.31. The molecule has 0 aliphatic heterocycles. The molecule has 0 spiro atoms. The molecule has 1 N–H and O–H groups in total. The zero-order valence-corrected chi connectivity index (χ0v) is 10.5. The maximum atomic E-state index is 13.6. The molecule has 0 saturated heterocycles. The molecule has 1 aromatic carbocycles.